The number of hydrogen-bond acceptors (Lipinski definition) is 4. The fraction of sp³-hybridized carbons (Fsp3) is 0.364. The largest absolute Gasteiger partial charge is 0.398 e. The molecule has 1 heterocycles. The van der Waals surface area contributed by atoms with Crippen molar-refractivity contribution in [2.24, 2.45) is 0 Å². The first-order valence-corrected chi connectivity index (χ1v) is 8.05. The van der Waals surface area contributed by atoms with Gasteiger partial charge in [0.25, 0.3) is 5.91 Å². The fourth-order valence-corrected chi connectivity index (χ4v) is 3.90. The normalized spacial score (nSPS) is 21.7. The lowest BCUT2D eigenvalue weighted by molar-refractivity contribution is 0.0941. The Morgan fingerprint density at radius 3 is 2.72 bits per heavy atom. The highest BCUT2D eigenvalue weighted by Gasteiger charge is 2.29. The van der Waals surface area contributed by atoms with Crippen LogP contribution in [-0.4, -0.2) is 31.9 Å². The van der Waals surface area contributed by atoms with Gasteiger partial charge in [0.2, 0.25) is 0 Å². The van der Waals surface area contributed by atoms with Crippen LogP contribution < -0.4 is 11.1 Å². The van der Waals surface area contributed by atoms with E-state index in [1.807, 2.05) is 0 Å². The molecule has 7 heteroatoms. The number of amides is 1. The average molecular weight is 333 g/mol. The van der Waals surface area contributed by atoms with E-state index in [1.54, 1.807) is 18.2 Å². The van der Waals surface area contributed by atoms with Crippen molar-refractivity contribution in [3.63, 3.8) is 0 Å². The third-order valence-electron chi connectivity index (χ3n) is 2.83. The molecule has 0 saturated carbocycles. The predicted molar refractivity (Wildman–Crippen MR) is 73.1 cm³/mol. The van der Waals surface area contributed by atoms with Crippen molar-refractivity contribution >= 4 is 37.4 Å². The van der Waals surface area contributed by atoms with Gasteiger partial charge in [-0.05, 0) is 40.5 Å². The molecule has 0 aromatic heterocycles. The van der Waals surface area contributed by atoms with Gasteiger partial charge in [-0.15, -0.1) is 0 Å². The summed E-state index contributed by atoms with van der Waals surface area (Å²) in [7, 11) is -2.98. The fourth-order valence-electron chi connectivity index (χ4n) is 1.85. The van der Waals surface area contributed by atoms with Gasteiger partial charge in [-0.3, -0.25) is 4.79 Å². The van der Waals surface area contributed by atoms with E-state index in [0.29, 0.717) is 22.1 Å². The summed E-state index contributed by atoms with van der Waals surface area (Å²) in [6.07, 6.45) is 0.476. The first-order chi connectivity index (χ1) is 8.37. The molecule has 1 atom stereocenters. The molecule has 1 unspecified atom stereocenters. The smallest absolute Gasteiger partial charge is 0.251 e. The van der Waals surface area contributed by atoms with Crippen LogP contribution >= 0.6 is 15.9 Å². The van der Waals surface area contributed by atoms with Crippen molar-refractivity contribution in [2.75, 3.05) is 17.2 Å². The zero-order valence-electron chi connectivity index (χ0n) is 9.52. The van der Waals surface area contributed by atoms with Gasteiger partial charge < -0.3 is 11.1 Å². The summed E-state index contributed by atoms with van der Waals surface area (Å²) in [5, 5.41) is 2.72. The molecule has 18 heavy (non-hydrogen) atoms. The van der Waals surface area contributed by atoms with Crippen molar-refractivity contribution in [3.05, 3.63) is 28.2 Å². The number of anilines is 1. The van der Waals surface area contributed by atoms with Crippen molar-refractivity contribution in [2.45, 2.75) is 12.5 Å². The Morgan fingerprint density at radius 2 is 2.17 bits per heavy atom. The minimum absolute atomic E-state index is 0.0227. The van der Waals surface area contributed by atoms with E-state index in [0.717, 1.165) is 0 Å². The molecule has 1 aromatic rings. The second-order valence-electron chi connectivity index (χ2n) is 4.31. The number of rotatable bonds is 2. The molecule has 1 amide bonds. The molecule has 3 N–H and O–H groups in total. The van der Waals surface area contributed by atoms with Crippen molar-refractivity contribution in [1.29, 1.82) is 0 Å². The van der Waals surface area contributed by atoms with Crippen LogP contribution in [0.3, 0.4) is 0 Å². The Balaban J connectivity index is 2.06. The molecular weight excluding hydrogens is 320 g/mol. The summed E-state index contributed by atoms with van der Waals surface area (Å²) < 4.78 is 23.2. The first kappa shape index (κ1) is 13.4. The second kappa shape index (κ2) is 4.89. The van der Waals surface area contributed by atoms with E-state index in [4.69, 9.17) is 5.73 Å². The van der Waals surface area contributed by atoms with Gasteiger partial charge in [-0.2, -0.15) is 0 Å². The number of nitrogens with one attached hydrogen (secondary N) is 1. The first-order valence-electron chi connectivity index (χ1n) is 5.44. The van der Waals surface area contributed by atoms with E-state index in [1.165, 1.54) is 0 Å². The van der Waals surface area contributed by atoms with Crippen molar-refractivity contribution in [3.8, 4) is 0 Å². The van der Waals surface area contributed by atoms with Crippen LogP contribution in [0.1, 0.15) is 16.8 Å². The molecule has 1 aromatic carbocycles. The molecule has 0 radical (unpaired) electrons. The zero-order valence-corrected chi connectivity index (χ0v) is 11.9. The topological polar surface area (TPSA) is 89.3 Å². The van der Waals surface area contributed by atoms with Gasteiger partial charge >= 0.3 is 0 Å². The Labute approximate surface area is 114 Å². The average Bonchev–Trinajstić information content (AvgIpc) is 2.62. The number of hydrogen-bond donors (Lipinski definition) is 2. The quantitative estimate of drug-likeness (QED) is 0.789. The van der Waals surface area contributed by atoms with Gasteiger partial charge in [-0.1, -0.05) is 0 Å². The van der Waals surface area contributed by atoms with Crippen LogP contribution in [0.4, 0.5) is 5.69 Å². The van der Waals surface area contributed by atoms with Gasteiger partial charge in [0, 0.05) is 21.8 Å². The molecule has 1 fully saturated rings. The van der Waals surface area contributed by atoms with Gasteiger partial charge in [0.05, 0.1) is 11.5 Å². The lowest BCUT2D eigenvalue weighted by atomic mass is 10.1. The summed E-state index contributed by atoms with van der Waals surface area (Å²) >= 11 is 3.24. The van der Waals surface area contributed by atoms with Crippen LogP contribution in [-0.2, 0) is 9.84 Å². The van der Waals surface area contributed by atoms with Crippen LogP contribution in [0.25, 0.3) is 0 Å². The van der Waals surface area contributed by atoms with Crippen LogP contribution in [0.2, 0.25) is 0 Å². The highest BCUT2D eigenvalue weighted by Crippen LogP contribution is 2.20. The number of carbonyl (C=O) groups is 1. The van der Waals surface area contributed by atoms with E-state index < -0.39 is 9.84 Å². The maximum Gasteiger partial charge on any atom is 0.251 e. The Kier molecular flexibility index (Phi) is 3.63. The molecule has 1 aliphatic heterocycles. The maximum absolute atomic E-state index is 11.9. The molecule has 98 valence electrons. The molecule has 0 bridgehead atoms. The third-order valence-corrected chi connectivity index (χ3v) is 5.28. The van der Waals surface area contributed by atoms with Crippen LogP contribution in [0.15, 0.2) is 22.7 Å². The van der Waals surface area contributed by atoms with Crippen LogP contribution in [0, 0.1) is 0 Å². The van der Waals surface area contributed by atoms with Gasteiger partial charge in [0.15, 0.2) is 9.84 Å². The monoisotopic (exact) mass is 332 g/mol. The number of nitrogen functional groups attached to an aromatic ring is 1. The van der Waals surface area contributed by atoms with Crippen molar-refractivity contribution in [1.82, 2.24) is 5.32 Å². The number of carbonyl (C=O) groups excluding carboxylic acids is 1. The summed E-state index contributed by atoms with van der Waals surface area (Å²) in [6, 6.07) is 4.57. The zero-order chi connectivity index (χ0) is 13.3. The van der Waals surface area contributed by atoms with E-state index in [-0.39, 0.29) is 23.5 Å². The number of halogens is 1. The Morgan fingerprint density at radius 1 is 1.44 bits per heavy atom. The van der Waals surface area contributed by atoms with Crippen LogP contribution in [0.5, 0.6) is 0 Å². The van der Waals surface area contributed by atoms with E-state index >= 15 is 0 Å². The van der Waals surface area contributed by atoms with E-state index in [2.05, 4.69) is 21.2 Å². The lowest BCUT2D eigenvalue weighted by Crippen LogP contribution is -2.35. The minimum Gasteiger partial charge on any atom is -0.398 e. The summed E-state index contributed by atoms with van der Waals surface area (Å²) in [4.78, 5) is 11.9. The number of nitrogens with two attached hydrogens (primary N) is 1. The third kappa shape index (κ3) is 3.02. The molecule has 0 spiro atoms. The molecule has 0 aliphatic carbocycles. The standard InChI is InChI=1S/C11H13BrN2O3S/c12-9-5-7(1-2-10(9)13)11(15)14-8-3-4-18(16,17)6-8/h1-2,5,8H,3-4,6,13H2,(H,14,15). The molecular formula is C11H13BrN2O3S. The highest BCUT2D eigenvalue weighted by atomic mass is 79.9. The summed E-state index contributed by atoms with van der Waals surface area (Å²) in [5.74, 6) is -0.115. The van der Waals surface area contributed by atoms with Gasteiger partial charge in [0.1, 0.15) is 0 Å². The van der Waals surface area contributed by atoms with Gasteiger partial charge in [-0.25, -0.2) is 8.42 Å². The maximum atomic E-state index is 11.9. The van der Waals surface area contributed by atoms with Crippen molar-refractivity contribution < 1.29 is 13.2 Å². The molecule has 1 aliphatic rings. The summed E-state index contributed by atoms with van der Waals surface area (Å²) in [5.41, 5.74) is 6.64. The Hall–Kier alpha value is -1.08. The second-order valence-corrected chi connectivity index (χ2v) is 7.39. The molecule has 1 saturated heterocycles. The highest BCUT2D eigenvalue weighted by molar-refractivity contribution is 9.10. The molecule has 2 rings (SSSR count). The SMILES string of the molecule is Nc1ccc(C(=O)NC2CCS(=O)(=O)C2)cc1Br. The summed E-state index contributed by atoms with van der Waals surface area (Å²) in [6.45, 7) is 0. The number of benzene rings is 1. The predicted octanol–water partition coefficient (Wildman–Crippen LogP) is 0.948. The molecule has 5 nitrogen and oxygen atoms in total. The lowest BCUT2D eigenvalue weighted by Gasteiger charge is -2.11. The van der Waals surface area contributed by atoms with E-state index in [9.17, 15) is 13.2 Å². The number of sulfone groups is 1. The Bertz CT molecular complexity index is 586. The minimum atomic E-state index is -2.98.